The van der Waals surface area contributed by atoms with Gasteiger partial charge in [0.1, 0.15) is 40.4 Å². The second kappa shape index (κ2) is 9.73. The number of carbonyl (C=O) groups excluding carboxylic acids is 2. The van der Waals surface area contributed by atoms with Crippen molar-refractivity contribution in [3.8, 4) is 5.75 Å². The average Bonchev–Trinajstić information content (AvgIpc) is 2.77. The molecule has 1 fully saturated rings. The van der Waals surface area contributed by atoms with Gasteiger partial charge in [-0.25, -0.2) is 23.5 Å². The van der Waals surface area contributed by atoms with Crippen LogP contribution in [0.2, 0.25) is 5.02 Å². The second-order valence-corrected chi connectivity index (χ2v) is 9.49. The van der Waals surface area contributed by atoms with Crippen molar-refractivity contribution in [3.05, 3.63) is 47.2 Å². The van der Waals surface area contributed by atoms with Crippen LogP contribution in [0.4, 0.5) is 30.8 Å². The lowest BCUT2D eigenvalue weighted by Gasteiger charge is -2.40. The van der Waals surface area contributed by atoms with Crippen LogP contribution in [0.3, 0.4) is 0 Å². The summed E-state index contributed by atoms with van der Waals surface area (Å²) in [5.41, 5.74) is -0.0471. The fourth-order valence-electron chi connectivity index (χ4n) is 3.62. The third-order valence-electron chi connectivity index (χ3n) is 5.45. The van der Waals surface area contributed by atoms with E-state index < -0.39 is 40.3 Å². The van der Waals surface area contributed by atoms with Gasteiger partial charge in [0.25, 0.3) is 0 Å². The Bertz CT molecular complexity index is 1350. The zero-order valence-electron chi connectivity index (χ0n) is 20.0. The molecule has 190 valence electrons. The van der Waals surface area contributed by atoms with E-state index in [9.17, 15) is 18.4 Å². The monoisotopic (exact) mass is 519 g/mol. The number of nitrogens with zero attached hydrogens (tertiary/aromatic N) is 3. The number of fused-ring (bicyclic) bond motifs is 1. The van der Waals surface area contributed by atoms with E-state index in [4.69, 9.17) is 21.1 Å². The molecule has 2 heterocycles. The van der Waals surface area contributed by atoms with Crippen molar-refractivity contribution in [1.29, 1.82) is 0 Å². The van der Waals surface area contributed by atoms with E-state index in [1.54, 1.807) is 32.9 Å². The third kappa shape index (κ3) is 5.11. The van der Waals surface area contributed by atoms with Crippen molar-refractivity contribution in [2.24, 2.45) is 0 Å². The molecule has 2 aromatic carbocycles. The molecule has 0 bridgehead atoms. The van der Waals surface area contributed by atoms with Gasteiger partial charge in [0.15, 0.2) is 5.82 Å². The molecular formula is C24H24ClF2N5O4. The predicted octanol–water partition coefficient (Wildman–Crippen LogP) is 5.26. The number of halogens is 3. The molecule has 1 aliphatic heterocycles. The lowest BCUT2D eigenvalue weighted by molar-refractivity contribution is -0.125. The first-order valence-electron chi connectivity index (χ1n) is 11.0. The maximum Gasteiger partial charge on any atom is 0.410 e. The standard InChI is InChI=1S/C24H24ClF2N5O4/c1-24(2,3)36-23(34)32-8-7-17(32)22(33)31-16-9-12-15(10-18(16)35-4)28-11-29-21(12)30-14-6-5-13(26)19(25)20(14)27/h5-6,9-11,17H,7-8H2,1-4H3,(H,31,33)(H,28,29,30)/t17-/m0/s1. The van der Waals surface area contributed by atoms with Crippen LogP contribution >= 0.6 is 11.6 Å². The molecule has 0 radical (unpaired) electrons. The Morgan fingerprint density at radius 1 is 1.17 bits per heavy atom. The summed E-state index contributed by atoms with van der Waals surface area (Å²) < 4.78 is 38.8. The lowest BCUT2D eigenvalue weighted by atomic mass is 10.0. The fourth-order valence-corrected chi connectivity index (χ4v) is 3.78. The number of methoxy groups -OCH3 is 1. The molecule has 1 atom stereocenters. The summed E-state index contributed by atoms with van der Waals surface area (Å²) in [6.07, 6.45) is 1.17. The first kappa shape index (κ1) is 25.4. The van der Waals surface area contributed by atoms with E-state index in [2.05, 4.69) is 20.6 Å². The van der Waals surface area contributed by atoms with E-state index in [1.807, 2.05) is 0 Å². The Labute approximate surface area is 210 Å². The average molecular weight is 520 g/mol. The van der Waals surface area contributed by atoms with Gasteiger partial charge in [-0.2, -0.15) is 0 Å². The molecule has 0 unspecified atom stereocenters. The molecule has 36 heavy (non-hydrogen) atoms. The number of hydrogen-bond acceptors (Lipinski definition) is 7. The Hall–Kier alpha value is -3.73. The van der Waals surface area contributed by atoms with Crippen LogP contribution in [0.1, 0.15) is 27.2 Å². The molecule has 1 aromatic heterocycles. The molecule has 9 nitrogen and oxygen atoms in total. The Kier molecular flexibility index (Phi) is 6.85. The summed E-state index contributed by atoms with van der Waals surface area (Å²) in [5, 5.41) is 5.34. The number of ether oxygens (including phenoxy) is 2. The minimum Gasteiger partial charge on any atom is -0.494 e. The van der Waals surface area contributed by atoms with Crippen LogP contribution in [0.25, 0.3) is 10.9 Å². The highest BCUT2D eigenvalue weighted by molar-refractivity contribution is 6.31. The number of aromatic nitrogens is 2. The molecule has 1 saturated heterocycles. The summed E-state index contributed by atoms with van der Waals surface area (Å²) >= 11 is 5.68. The van der Waals surface area contributed by atoms with Gasteiger partial charge in [0.05, 0.1) is 24.0 Å². The normalized spacial score (nSPS) is 15.3. The molecule has 4 rings (SSSR count). The maximum atomic E-state index is 14.5. The molecular weight excluding hydrogens is 496 g/mol. The molecule has 12 heteroatoms. The first-order valence-corrected chi connectivity index (χ1v) is 11.4. The Morgan fingerprint density at radius 3 is 2.56 bits per heavy atom. The van der Waals surface area contributed by atoms with Gasteiger partial charge >= 0.3 is 6.09 Å². The summed E-state index contributed by atoms with van der Waals surface area (Å²) in [5.74, 6) is -1.78. The topological polar surface area (TPSA) is 106 Å². The van der Waals surface area contributed by atoms with Crippen molar-refractivity contribution in [1.82, 2.24) is 14.9 Å². The number of carbonyl (C=O) groups is 2. The van der Waals surface area contributed by atoms with Gasteiger partial charge in [0.2, 0.25) is 5.91 Å². The highest BCUT2D eigenvalue weighted by Gasteiger charge is 2.40. The number of likely N-dealkylation sites (tertiary alicyclic amines) is 1. The molecule has 1 aliphatic rings. The van der Waals surface area contributed by atoms with E-state index in [1.165, 1.54) is 24.4 Å². The number of nitrogens with one attached hydrogen (secondary N) is 2. The largest absolute Gasteiger partial charge is 0.494 e. The van der Waals surface area contributed by atoms with Crippen molar-refractivity contribution < 1.29 is 27.8 Å². The number of amides is 2. The van der Waals surface area contributed by atoms with E-state index in [0.717, 1.165) is 6.07 Å². The van der Waals surface area contributed by atoms with Crippen molar-refractivity contribution in [2.75, 3.05) is 24.3 Å². The summed E-state index contributed by atoms with van der Waals surface area (Å²) in [6.45, 7) is 5.65. The van der Waals surface area contributed by atoms with Crippen molar-refractivity contribution in [3.63, 3.8) is 0 Å². The molecule has 0 spiro atoms. The van der Waals surface area contributed by atoms with E-state index in [0.29, 0.717) is 35.3 Å². The van der Waals surface area contributed by atoms with Gasteiger partial charge in [-0.05, 0) is 45.4 Å². The smallest absolute Gasteiger partial charge is 0.410 e. The quantitative estimate of drug-likeness (QED) is 0.443. The van der Waals surface area contributed by atoms with Crippen LogP contribution in [-0.4, -0.2) is 52.2 Å². The third-order valence-corrected chi connectivity index (χ3v) is 5.80. The van der Waals surface area contributed by atoms with Crippen LogP contribution in [-0.2, 0) is 9.53 Å². The van der Waals surface area contributed by atoms with E-state index >= 15 is 0 Å². The highest BCUT2D eigenvalue weighted by atomic mass is 35.5. The SMILES string of the molecule is COc1cc2ncnc(Nc3ccc(F)c(Cl)c3F)c2cc1NC(=O)[C@@H]1CCN1C(=O)OC(C)(C)C. The van der Waals surface area contributed by atoms with Crippen LogP contribution in [0.5, 0.6) is 5.75 Å². The second-order valence-electron chi connectivity index (χ2n) is 9.11. The number of anilines is 3. The first-order chi connectivity index (χ1) is 17.0. The number of hydrogen-bond donors (Lipinski definition) is 2. The minimum absolute atomic E-state index is 0.0923. The van der Waals surface area contributed by atoms with Crippen molar-refractivity contribution >= 4 is 51.7 Å². The maximum absolute atomic E-state index is 14.5. The van der Waals surface area contributed by atoms with Gasteiger partial charge in [-0.3, -0.25) is 9.69 Å². The molecule has 3 aromatic rings. The van der Waals surface area contributed by atoms with Crippen LogP contribution < -0.4 is 15.4 Å². The van der Waals surface area contributed by atoms with Gasteiger partial charge in [0, 0.05) is 18.0 Å². The highest BCUT2D eigenvalue weighted by Crippen LogP contribution is 2.35. The number of rotatable bonds is 5. The van der Waals surface area contributed by atoms with Gasteiger partial charge in [-0.1, -0.05) is 11.6 Å². The number of benzene rings is 2. The Balaban J connectivity index is 1.62. The summed E-state index contributed by atoms with van der Waals surface area (Å²) in [7, 11) is 1.43. The Morgan fingerprint density at radius 2 is 1.92 bits per heavy atom. The molecule has 2 amide bonds. The fraction of sp³-hybridized carbons (Fsp3) is 0.333. The van der Waals surface area contributed by atoms with Crippen LogP contribution in [0.15, 0.2) is 30.6 Å². The molecule has 2 N–H and O–H groups in total. The minimum atomic E-state index is -0.974. The lowest BCUT2D eigenvalue weighted by Crippen LogP contribution is -2.57. The molecule has 0 saturated carbocycles. The van der Waals surface area contributed by atoms with E-state index in [-0.39, 0.29) is 11.5 Å². The van der Waals surface area contributed by atoms with Crippen molar-refractivity contribution in [2.45, 2.75) is 38.8 Å². The summed E-state index contributed by atoms with van der Waals surface area (Å²) in [4.78, 5) is 35.1. The predicted molar refractivity (Wildman–Crippen MR) is 131 cm³/mol. The van der Waals surface area contributed by atoms with Gasteiger partial charge < -0.3 is 20.1 Å². The molecule has 0 aliphatic carbocycles. The zero-order chi connectivity index (χ0) is 26.2. The summed E-state index contributed by atoms with van der Waals surface area (Å²) in [6, 6.07) is 4.66. The van der Waals surface area contributed by atoms with Gasteiger partial charge in [-0.15, -0.1) is 0 Å². The zero-order valence-corrected chi connectivity index (χ0v) is 20.7. The van der Waals surface area contributed by atoms with Crippen LogP contribution in [0, 0.1) is 11.6 Å².